The molecule has 0 spiro atoms. The zero-order chi connectivity index (χ0) is 23.1. The normalized spacial score (nSPS) is 18.0. The number of aliphatic imine (C=N–C) groups is 1. The van der Waals surface area contributed by atoms with Crippen LogP contribution in [-0.2, 0) is 6.18 Å². The van der Waals surface area contributed by atoms with Gasteiger partial charge >= 0.3 is 6.18 Å². The summed E-state index contributed by atoms with van der Waals surface area (Å²) in [5, 5.41) is 2.71. The summed E-state index contributed by atoms with van der Waals surface area (Å²) in [4.78, 5) is 20.5. The van der Waals surface area contributed by atoms with Crippen molar-refractivity contribution in [1.82, 2.24) is 14.0 Å². The Morgan fingerprint density at radius 1 is 1.38 bits per heavy atom. The minimum absolute atomic E-state index is 0.0384. The molecule has 0 radical (unpaired) electrons. The second-order valence-electron chi connectivity index (χ2n) is 7.62. The zero-order valence-electron chi connectivity index (χ0n) is 17.9. The van der Waals surface area contributed by atoms with Gasteiger partial charge in [-0.3, -0.25) is 9.52 Å². The van der Waals surface area contributed by atoms with Crippen LogP contribution in [0.5, 0.6) is 0 Å². The highest BCUT2D eigenvalue weighted by atomic mass is 32.2. The van der Waals surface area contributed by atoms with Crippen molar-refractivity contribution in [2.45, 2.75) is 38.8 Å². The fraction of sp³-hybridized carbons (Fsp3) is 0.476. The number of nitrogens with one attached hydrogen (secondary N) is 2. The van der Waals surface area contributed by atoms with E-state index in [0.29, 0.717) is 11.5 Å². The van der Waals surface area contributed by atoms with E-state index in [0.717, 1.165) is 50.9 Å². The number of aromatic nitrogens is 1. The number of alkyl halides is 3. The van der Waals surface area contributed by atoms with Crippen molar-refractivity contribution < 1.29 is 22.4 Å². The van der Waals surface area contributed by atoms with E-state index >= 15 is 0 Å². The summed E-state index contributed by atoms with van der Waals surface area (Å²) in [5.41, 5.74) is 0.0438. The number of aryl methyl sites for hydroxylation is 1. The fourth-order valence-corrected chi connectivity index (χ4v) is 4.10. The van der Waals surface area contributed by atoms with Gasteiger partial charge in [0.05, 0.1) is 5.56 Å². The molecule has 1 saturated heterocycles. The molecule has 174 valence electrons. The number of oxazole rings is 1. The Morgan fingerprint density at radius 3 is 2.94 bits per heavy atom. The van der Waals surface area contributed by atoms with Crippen molar-refractivity contribution in [3.8, 4) is 0 Å². The van der Waals surface area contributed by atoms with E-state index in [-0.39, 0.29) is 17.4 Å². The standard InChI is InChI=1S/C21H26F3N5O2S/c1-14-5-6-16(21(22,23)24)12-17(14)26-20-27-18(13-31-20)19(30)28-32-29-10-3-4-15(8-11-29)7-9-25-2/h5-6,9,12-13,15H,3-4,7-8,10-11H2,1-2H3,(H,26,27)(H,28,30)/b25-9+. The molecule has 0 saturated carbocycles. The molecule has 1 unspecified atom stereocenters. The Morgan fingerprint density at radius 2 is 2.19 bits per heavy atom. The minimum atomic E-state index is -4.46. The van der Waals surface area contributed by atoms with Gasteiger partial charge in [-0.1, -0.05) is 6.07 Å². The molecule has 2 N–H and O–H groups in total. The Labute approximate surface area is 189 Å². The molecule has 1 aromatic carbocycles. The molecule has 1 aromatic heterocycles. The molecule has 32 heavy (non-hydrogen) atoms. The van der Waals surface area contributed by atoms with E-state index in [4.69, 9.17) is 4.42 Å². The van der Waals surface area contributed by atoms with Gasteiger partial charge in [-0.2, -0.15) is 18.2 Å². The number of carbonyl (C=O) groups is 1. The molecule has 11 heteroatoms. The second-order valence-corrected chi connectivity index (χ2v) is 8.52. The highest BCUT2D eigenvalue weighted by molar-refractivity contribution is 7.95. The molecular formula is C21H26F3N5O2S. The quantitative estimate of drug-likeness (QED) is 0.427. The summed E-state index contributed by atoms with van der Waals surface area (Å²) in [6.07, 6.45) is 2.84. The van der Waals surface area contributed by atoms with E-state index < -0.39 is 17.6 Å². The minimum Gasteiger partial charge on any atom is -0.431 e. The van der Waals surface area contributed by atoms with Crippen LogP contribution in [0, 0.1) is 12.8 Å². The largest absolute Gasteiger partial charge is 0.431 e. The van der Waals surface area contributed by atoms with Gasteiger partial charge < -0.3 is 14.7 Å². The maximum absolute atomic E-state index is 13.0. The third-order valence-corrected chi connectivity index (χ3v) is 6.14. The maximum Gasteiger partial charge on any atom is 0.416 e. The van der Waals surface area contributed by atoms with Crippen molar-refractivity contribution in [3.05, 3.63) is 41.3 Å². The van der Waals surface area contributed by atoms with Gasteiger partial charge in [0, 0.05) is 38.0 Å². The van der Waals surface area contributed by atoms with E-state index in [9.17, 15) is 18.0 Å². The number of amides is 1. The molecule has 1 fully saturated rings. The van der Waals surface area contributed by atoms with Crippen LogP contribution < -0.4 is 10.0 Å². The Hall–Kier alpha value is -2.53. The van der Waals surface area contributed by atoms with E-state index in [1.165, 1.54) is 24.5 Å². The van der Waals surface area contributed by atoms with Crippen LogP contribution in [0.1, 0.15) is 47.3 Å². The summed E-state index contributed by atoms with van der Waals surface area (Å²) in [6, 6.07) is 3.29. The van der Waals surface area contributed by atoms with Crippen LogP contribution >= 0.6 is 12.1 Å². The van der Waals surface area contributed by atoms with Crippen LogP contribution in [0.15, 0.2) is 33.9 Å². The summed E-state index contributed by atoms with van der Waals surface area (Å²) in [5.74, 6) is 0.162. The van der Waals surface area contributed by atoms with Crippen molar-refractivity contribution in [2.75, 3.05) is 25.5 Å². The first-order chi connectivity index (χ1) is 15.3. The molecule has 0 bridgehead atoms. The molecule has 1 aliphatic heterocycles. The highest BCUT2D eigenvalue weighted by Gasteiger charge is 2.31. The van der Waals surface area contributed by atoms with Gasteiger partial charge in [-0.05, 0) is 62.4 Å². The predicted octanol–water partition coefficient (Wildman–Crippen LogP) is 5.23. The number of halogens is 3. The van der Waals surface area contributed by atoms with Crippen molar-refractivity contribution >= 4 is 36.0 Å². The molecule has 2 heterocycles. The molecule has 0 aliphatic carbocycles. The molecule has 7 nitrogen and oxygen atoms in total. The average molecular weight is 470 g/mol. The van der Waals surface area contributed by atoms with Gasteiger partial charge in [-0.15, -0.1) is 0 Å². The summed E-state index contributed by atoms with van der Waals surface area (Å²) < 4.78 is 49.0. The molecule has 3 rings (SSSR count). The predicted molar refractivity (Wildman–Crippen MR) is 119 cm³/mol. The first-order valence-electron chi connectivity index (χ1n) is 10.3. The van der Waals surface area contributed by atoms with E-state index in [2.05, 4.69) is 24.3 Å². The molecule has 1 atom stereocenters. The number of hydrogen-bond acceptors (Lipinski definition) is 7. The van der Waals surface area contributed by atoms with Crippen LogP contribution in [-0.4, -0.2) is 41.5 Å². The molecule has 1 amide bonds. The Kier molecular flexibility index (Phi) is 8.19. The Balaban J connectivity index is 1.54. The van der Waals surface area contributed by atoms with Crippen molar-refractivity contribution in [1.29, 1.82) is 0 Å². The number of nitrogens with zero attached hydrogens (tertiary/aromatic N) is 3. The third-order valence-electron chi connectivity index (χ3n) is 5.24. The lowest BCUT2D eigenvalue weighted by atomic mass is 9.98. The molecule has 2 aromatic rings. The molecule has 1 aliphatic rings. The van der Waals surface area contributed by atoms with Crippen LogP contribution in [0.3, 0.4) is 0 Å². The third kappa shape index (κ3) is 6.73. The van der Waals surface area contributed by atoms with Gasteiger partial charge in [0.25, 0.3) is 11.9 Å². The number of benzene rings is 1. The van der Waals surface area contributed by atoms with Gasteiger partial charge in [0.2, 0.25) is 0 Å². The lowest BCUT2D eigenvalue weighted by Crippen LogP contribution is -2.26. The second kappa shape index (κ2) is 10.9. The van der Waals surface area contributed by atoms with Gasteiger partial charge in [-0.25, -0.2) is 4.31 Å². The number of anilines is 2. The topological polar surface area (TPSA) is 82.8 Å². The monoisotopic (exact) mass is 469 g/mol. The molecular weight excluding hydrogens is 443 g/mol. The summed E-state index contributed by atoms with van der Waals surface area (Å²) >= 11 is 1.23. The first kappa shape index (κ1) is 24.1. The maximum atomic E-state index is 13.0. The zero-order valence-corrected chi connectivity index (χ0v) is 18.7. The van der Waals surface area contributed by atoms with E-state index in [1.807, 2.05) is 6.21 Å². The number of rotatable bonds is 7. The lowest BCUT2D eigenvalue weighted by Gasteiger charge is -2.18. The fourth-order valence-electron chi connectivity index (χ4n) is 3.36. The van der Waals surface area contributed by atoms with Gasteiger partial charge in [0.15, 0.2) is 5.69 Å². The number of hydrogen-bond donors (Lipinski definition) is 2. The highest BCUT2D eigenvalue weighted by Crippen LogP contribution is 2.33. The van der Waals surface area contributed by atoms with E-state index in [1.54, 1.807) is 14.0 Å². The smallest absolute Gasteiger partial charge is 0.416 e. The average Bonchev–Trinajstić information content (AvgIpc) is 3.10. The van der Waals surface area contributed by atoms with Crippen LogP contribution in [0.25, 0.3) is 0 Å². The first-order valence-corrected chi connectivity index (χ1v) is 11.1. The van der Waals surface area contributed by atoms with Gasteiger partial charge in [0.1, 0.15) is 6.26 Å². The van der Waals surface area contributed by atoms with Crippen LogP contribution in [0.4, 0.5) is 24.9 Å². The van der Waals surface area contributed by atoms with Crippen LogP contribution in [0.2, 0.25) is 0 Å². The summed E-state index contributed by atoms with van der Waals surface area (Å²) in [6.45, 7) is 3.38. The van der Waals surface area contributed by atoms with Crippen molar-refractivity contribution in [2.24, 2.45) is 10.9 Å². The summed E-state index contributed by atoms with van der Waals surface area (Å²) in [7, 11) is 1.78. The lowest BCUT2D eigenvalue weighted by molar-refractivity contribution is -0.137. The number of carbonyl (C=O) groups excluding carboxylic acids is 1. The van der Waals surface area contributed by atoms with Crippen molar-refractivity contribution in [3.63, 3.8) is 0 Å². The Bertz CT molecular complexity index is 948. The SMILES string of the molecule is C/N=C/CC1CCCN(SNC(=O)c2coc(Nc3cc(C(F)(F)F)ccc3C)n2)CC1.